The Balaban J connectivity index is 2.81. The van der Waals surface area contributed by atoms with E-state index < -0.39 is 17.9 Å². The van der Waals surface area contributed by atoms with Gasteiger partial charge < -0.3 is 11.1 Å². The Morgan fingerprint density at radius 3 is 2.29 bits per heavy atom. The van der Waals surface area contributed by atoms with Gasteiger partial charge in [-0.15, -0.1) is 0 Å². The Kier molecular flexibility index (Phi) is 8.54. The molecule has 1 unspecified atom stereocenters. The van der Waals surface area contributed by atoms with Gasteiger partial charge in [-0.3, -0.25) is 14.4 Å². The zero-order valence-corrected chi connectivity index (χ0v) is 15.3. The van der Waals surface area contributed by atoms with Crippen molar-refractivity contribution >= 4 is 28.7 Å². The predicted molar refractivity (Wildman–Crippen MR) is 97.4 cm³/mol. The first-order valence-electron chi connectivity index (χ1n) is 8.06. The number of hydrogen-bond donors (Lipinski definition) is 2. The lowest BCUT2D eigenvalue weighted by Crippen LogP contribution is -2.48. The minimum atomic E-state index is -0.682. The van der Waals surface area contributed by atoms with Gasteiger partial charge >= 0.3 is 0 Å². The highest BCUT2D eigenvalue weighted by Gasteiger charge is 2.25. The maximum Gasteiger partial charge on any atom is 0.240 e. The maximum absolute atomic E-state index is 12.6. The fraction of sp³-hybridized carbons (Fsp3) is 0.500. The van der Waals surface area contributed by atoms with Crippen LogP contribution in [0.15, 0.2) is 30.3 Å². The van der Waals surface area contributed by atoms with Crippen molar-refractivity contribution in [3.63, 3.8) is 0 Å². The van der Waals surface area contributed by atoms with Crippen LogP contribution in [0.25, 0.3) is 0 Å². The van der Waals surface area contributed by atoms with Gasteiger partial charge in [0.25, 0.3) is 0 Å². The van der Waals surface area contributed by atoms with Crippen LogP contribution in [0.3, 0.4) is 0 Å². The monoisotopic (exact) mass is 350 g/mol. The van der Waals surface area contributed by atoms with Gasteiger partial charge in [0.15, 0.2) is 5.12 Å². The maximum atomic E-state index is 12.6. The third-order valence-corrected chi connectivity index (χ3v) is 4.53. The van der Waals surface area contributed by atoms with Crippen LogP contribution in [-0.4, -0.2) is 28.7 Å². The standard InChI is InChI=1S/C18H26N2O3S/c1-12(2)9-16(17(19)22)20-18(23)15(11-24-13(3)21)10-14-7-5-4-6-8-14/h4-8,12,15-16H,9-11H2,1-3H3,(H2,19,22)(H,20,23)/t15?,16-/m0/s1. The summed E-state index contributed by atoms with van der Waals surface area (Å²) in [6.45, 7) is 5.41. The molecule has 0 aliphatic heterocycles. The van der Waals surface area contributed by atoms with Gasteiger partial charge in [0.2, 0.25) is 11.8 Å². The molecule has 6 heteroatoms. The normalized spacial score (nSPS) is 13.3. The highest BCUT2D eigenvalue weighted by molar-refractivity contribution is 8.13. The Hall–Kier alpha value is -1.82. The van der Waals surface area contributed by atoms with E-state index in [0.29, 0.717) is 18.6 Å². The number of benzene rings is 1. The summed E-state index contributed by atoms with van der Waals surface area (Å²) in [6, 6.07) is 8.93. The average Bonchev–Trinajstić information content (AvgIpc) is 2.50. The Morgan fingerprint density at radius 2 is 1.79 bits per heavy atom. The molecule has 0 aromatic heterocycles. The van der Waals surface area contributed by atoms with Crippen molar-refractivity contribution < 1.29 is 14.4 Å². The molecule has 3 N–H and O–H groups in total. The molecule has 0 heterocycles. The van der Waals surface area contributed by atoms with Crippen molar-refractivity contribution in [2.45, 2.75) is 39.7 Å². The summed E-state index contributed by atoms with van der Waals surface area (Å²) in [6.07, 6.45) is 1.01. The number of hydrogen-bond acceptors (Lipinski definition) is 4. The number of primary amides is 1. The van der Waals surface area contributed by atoms with E-state index in [4.69, 9.17) is 5.73 Å². The van der Waals surface area contributed by atoms with E-state index in [1.54, 1.807) is 0 Å². The fourth-order valence-corrected chi connectivity index (χ4v) is 3.06. The zero-order valence-electron chi connectivity index (χ0n) is 14.5. The zero-order chi connectivity index (χ0) is 18.1. The first kappa shape index (κ1) is 20.2. The molecule has 1 aromatic rings. The summed E-state index contributed by atoms with van der Waals surface area (Å²) in [7, 11) is 0. The fourth-order valence-electron chi connectivity index (χ4n) is 2.35. The molecule has 1 aromatic carbocycles. The Morgan fingerprint density at radius 1 is 1.17 bits per heavy atom. The largest absolute Gasteiger partial charge is 0.368 e. The third-order valence-electron chi connectivity index (χ3n) is 3.55. The lowest BCUT2D eigenvalue weighted by Gasteiger charge is -2.22. The van der Waals surface area contributed by atoms with E-state index >= 15 is 0 Å². The predicted octanol–water partition coefficient (Wildman–Crippen LogP) is 2.14. The molecule has 2 amide bonds. The molecule has 5 nitrogen and oxygen atoms in total. The number of amides is 2. The van der Waals surface area contributed by atoms with Crippen LogP contribution in [-0.2, 0) is 20.8 Å². The second-order valence-corrected chi connectivity index (χ2v) is 7.48. The summed E-state index contributed by atoms with van der Waals surface area (Å²) in [5.74, 6) is -0.549. The van der Waals surface area contributed by atoms with Gasteiger partial charge in [0.1, 0.15) is 6.04 Å². The number of carbonyl (C=O) groups is 3. The first-order chi connectivity index (χ1) is 11.3. The molecule has 0 aliphatic carbocycles. The van der Waals surface area contributed by atoms with Crippen molar-refractivity contribution in [2.75, 3.05) is 5.75 Å². The highest BCUT2D eigenvalue weighted by atomic mass is 32.2. The molecule has 2 atom stereocenters. The number of nitrogens with one attached hydrogen (secondary N) is 1. The molecule has 0 fully saturated rings. The van der Waals surface area contributed by atoms with Crippen molar-refractivity contribution in [3.8, 4) is 0 Å². The summed E-state index contributed by atoms with van der Waals surface area (Å²) in [5, 5.41) is 2.72. The van der Waals surface area contributed by atoms with Crippen LogP contribution >= 0.6 is 11.8 Å². The second-order valence-electron chi connectivity index (χ2n) is 6.28. The van der Waals surface area contributed by atoms with E-state index in [1.165, 1.54) is 6.92 Å². The highest BCUT2D eigenvalue weighted by Crippen LogP contribution is 2.17. The minimum absolute atomic E-state index is 0.0329. The quantitative estimate of drug-likeness (QED) is 0.714. The van der Waals surface area contributed by atoms with Crippen LogP contribution in [0.2, 0.25) is 0 Å². The molecule has 0 saturated heterocycles. The molecule has 0 aliphatic rings. The van der Waals surface area contributed by atoms with Crippen LogP contribution in [0.5, 0.6) is 0 Å². The SMILES string of the molecule is CC(=O)SCC(Cc1ccccc1)C(=O)N[C@@H](CC(C)C)C(N)=O. The van der Waals surface area contributed by atoms with Gasteiger partial charge in [-0.1, -0.05) is 55.9 Å². The van der Waals surface area contributed by atoms with Crippen LogP contribution in [0.1, 0.15) is 32.8 Å². The van der Waals surface area contributed by atoms with Gasteiger partial charge in [0, 0.05) is 12.7 Å². The van der Waals surface area contributed by atoms with E-state index in [2.05, 4.69) is 5.32 Å². The molecule has 0 bridgehead atoms. The lowest BCUT2D eigenvalue weighted by molar-refractivity contribution is -0.129. The summed E-state index contributed by atoms with van der Waals surface area (Å²) in [4.78, 5) is 35.4. The van der Waals surface area contributed by atoms with Gasteiger partial charge in [-0.05, 0) is 24.3 Å². The molecule has 1 rings (SSSR count). The number of nitrogens with two attached hydrogens (primary N) is 1. The molecule has 0 radical (unpaired) electrons. The van der Waals surface area contributed by atoms with E-state index in [0.717, 1.165) is 17.3 Å². The van der Waals surface area contributed by atoms with Crippen molar-refractivity contribution in [1.29, 1.82) is 0 Å². The molecule has 132 valence electrons. The summed E-state index contributed by atoms with van der Waals surface area (Å²) < 4.78 is 0. The van der Waals surface area contributed by atoms with E-state index in [1.807, 2.05) is 44.2 Å². The van der Waals surface area contributed by atoms with Gasteiger partial charge in [-0.25, -0.2) is 0 Å². The molecule has 24 heavy (non-hydrogen) atoms. The minimum Gasteiger partial charge on any atom is -0.368 e. The van der Waals surface area contributed by atoms with Crippen LogP contribution in [0, 0.1) is 11.8 Å². The third kappa shape index (κ3) is 7.64. The molecular formula is C18H26N2O3S. The average molecular weight is 350 g/mol. The lowest BCUT2D eigenvalue weighted by atomic mass is 9.98. The topological polar surface area (TPSA) is 89.3 Å². The van der Waals surface area contributed by atoms with Crippen molar-refractivity contribution in [3.05, 3.63) is 35.9 Å². The van der Waals surface area contributed by atoms with Crippen molar-refractivity contribution in [2.24, 2.45) is 17.6 Å². The first-order valence-corrected chi connectivity index (χ1v) is 9.05. The van der Waals surface area contributed by atoms with E-state index in [9.17, 15) is 14.4 Å². The summed E-state index contributed by atoms with van der Waals surface area (Å²) >= 11 is 1.12. The van der Waals surface area contributed by atoms with Crippen LogP contribution < -0.4 is 11.1 Å². The second kappa shape index (κ2) is 10.1. The number of carbonyl (C=O) groups excluding carboxylic acids is 3. The molecule has 0 saturated carbocycles. The van der Waals surface area contributed by atoms with Gasteiger partial charge in [-0.2, -0.15) is 0 Å². The number of rotatable bonds is 9. The Labute approximate surface area is 147 Å². The Bertz CT molecular complexity index is 561. The van der Waals surface area contributed by atoms with E-state index in [-0.39, 0.29) is 16.9 Å². The number of thioether (sulfide) groups is 1. The smallest absolute Gasteiger partial charge is 0.240 e. The van der Waals surface area contributed by atoms with Gasteiger partial charge in [0.05, 0.1) is 5.92 Å². The van der Waals surface area contributed by atoms with Crippen LogP contribution in [0.4, 0.5) is 0 Å². The van der Waals surface area contributed by atoms with Crippen molar-refractivity contribution in [1.82, 2.24) is 5.32 Å². The molecular weight excluding hydrogens is 324 g/mol. The summed E-state index contributed by atoms with van der Waals surface area (Å²) in [5.41, 5.74) is 6.41. The molecule has 0 spiro atoms.